The summed E-state index contributed by atoms with van der Waals surface area (Å²) in [6.07, 6.45) is -0.838. The van der Waals surface area contributed by atoms with Crippen LogP contribution in [0.4, 0.5) is 0 Å². The monoisotopic (exact) mass is 112 g/mol. The average molecular weight is 113 g/mol. The Kier molecular flexibility index (Phi) is 8.17. The Bertz CT molecular complexity index is 25.5. The van der Waals surface area contributed by atoms with Crippen molar-refractivity contribution >= 4 is 12.4 Å². The molecule has 0 rings (SSSR count). The Morgan fingerprint density at radius 1 is 1.67 bits per heavy atom. The van der Waals surface area contributed by atoms with Crippen LogP contribution in [-0.4, -0.2) is 17.9 Å². The van der Waals surface area contributed by atoms with E-state index in [1.807, 2.05) is 0 Å². The van der Waals surface area contributed by atoms with E-state index in [-0.39, 0.29) is 19.0 Å². The summed E-state index contributed by atoms with van der Waals surface area (Å²) in [4.78, 5) is 0. The lowest BCUT2D eigenvalue weighted by Crippen LogP contribution is -2.28. The van der Waals surface area contributed by atoms with Gasteiger partial charge in [0.25, 0.3) is 0 Å². The lowest BCUT2D eigenvalue weighted by atomic mass is 10.6. The molecule has 0 aliphatic carbocycles. The second kappa shape index (κ2) is 5.17. The number of hydrogen-bond acceptors (Lipinski definition) is 3. The normalized spacial score (nSPS) is 12.5. The maximum atomic E-state index is 8.01. The third-order valence-corrected chi connectivity index (χ3v) is 0.241. The van der Waals surface area contributed by atoms with Gasteiger partial charge in [-0.2, -0.15) is 0 Å². The molecule has 0 aliphatic heterocycles. The highest BCUT2D eigenvalue weighted by Crippen LogP contribution is 1.51. The molecule has 3 nitrogen and oxygen atoms in total. The minimum absolute atomic E-state index is 0. The predicted octanol–water partition coefficient (Wildman–Crippen LogP) is -1.36. The van der Waals surface area contributed by atoms with Crippen LogP contribution >= 0.6 is 12.4 Å². The molecule has 4 heteroatoms. The van der Waals surface area contributed by atoms with Crippen LogP contribution in [0.3, 0.4) is 0 Å². The first-order valence-corrected chi connectivity index (χ1v) is 1.41. The van der Waals surface area contributed by atoms with Crippen molar-refractivity contribution in [2.45, 2.75) is 6.23 Å². The fraction of sp³-hybridized carbons (Fsp3) is 1.00. The highest BCUT2D eigenvalue weighted by atomic mass is 35.5. The second-order valence-corrected chi connectivity index (χ2v) is 0.803. The zero-order valence-electron chi connectivity index (χ0n) is 3.29. The van der Waals surface area contributed by atoms with E-state index in [0.717, 1.165) is 0 Å². The van der Waals surface area contributed by atoms with Gasteiger partial charge in [0.15, 0.2) is 0 Å². The molecule has 1 atom stereocenters. The predicted molar refractivity (Wildman–Crippen MR) is 26.5 cm³/mol. The molecule has 0 radical (unpaired) electrons. The molecule has 0 heterocycles. The number of rotatable bonds is 1. The molecule has 0 spiro atoms. The van der Waals surface area contributed by atoms with Crippen LogP contribution in [-0.2, 0) is 0 Å². The average Bonchev–Trinajstić information content (AvgIpc) is 1.38. The van der Waals surface area contributed by atoms with E-state index in [2.05, 4.69) is 0 Å². The zero-order valence-corrected chi connectivity index (χ0v) is 4.11. The largest absolute Gasteiger partial charge is 0.377 e. The minimum atomic E-state index is -0.838. The smallest absolute Gasteiger partial charge is 0.114 e. The first-order chi connectivity index (χ1) is 2.27. The molecule has 0 saturated heterocycles. The molecule has 0 saturated carbocycles. The van der Waals surface area contributed by atoms with Crippen LogP contribution in [0.15, 0.2) is 0 Å². The number of halogens is 1. The zero-order chi connectivity index (χ0) is 4.28. The van der Waals surface area contributed by atoms with Gasteiger partial charge in [0.2, 0.25) is 0 Å². The van der Waals surface area contributed by atoms with E-state index < -0.39 is 6.23 Å². The molecule has 0 aromatic rings. The van der Waals surface area contributed by atoms with Crippen LogP contribution in [0, 0.1) is 0 Å². The second-order valence-electron chi connectivity index (χ2n) is 0.803. The summed E-state index contributed by atoms with van der Waals surface area (Å²) < 4.78 is 0. The van der Waals surface area contributed by atoms with Crippen molar-refractivity contribution in [1.82, 2.24) is 0 Å². The van der Waals surface area contributed by atoms with E-state index >= 15 is 0 Å². The van der Waals surface area contributed by atoms with Gasteiger partial charge in [-0.3, -0.25) is 0 Å². The summed E-state index contributed by atoms with van der Waals surface area (Å²) in [6, 6.07) is 0. The summed E-state index contributed by atoms with van der Waals surface area (Å²) in [5.41, 5.74) is 9.52. The van der Waals surface area contributed by atoms with E-state index in [4.69, 9.17) is 16.6 Å². The van der Waals surface area contributed by atoms with Gasteiger partial charge >= 0.3 is 0 Å². The Hall–Kier alpha value is 0.170. The fourth-order valence-electron chi connectivity index (χ4n) is 0. The Morgan fingerprint density at radius 2 is 1.83 bits per heavy atom. The van der Waals surface area contributed by atoms with Gasteiger partial charge in [0.1, 0.15) is 6.23 Å². The molecule has 1 unspecified atom stereocenters. The highest BCUT2D eigenvalue weighted by Gasteiger charge is 1.81. The van der Waals surface area contributed by atoms with Crippen molar-refractivity contribution in [3.05, 3.63) is 0 Å². The minimum Gasteiger partial charge on any atom is -0.377 e. The number of nitrogens with two attached hydrogens (primary N) is 2. The fourth-order valence-corrected chi connectivity index (χ4v) is 0. The topological polar surface area (TPSA) is 72.3 Å². The molecule has 6 heavy (non-hydrogen) atoms. The van der Waals surface area contributed by atoms with Crippen molar-refractivity contribution in [3.8, 4) is 0 Å². The summed E-state index contributed by atoms with van der Waals surface area (Å²) in [5.74, 6) is 0. The first-order valence-electron chi connectivity index (χ1n) is 1.41. The maximum absolute atomic E-state index is 8.01. The molecule has 0 aromatic heterocycles. The first kappa shape index (κ1) is 9.48. The van der Waals surface area contributed by atoms with Crippen molar-refractivity contribution in [2.75, 3.05) is 6.54 Å². The van der Waals surface area contributed by atoms with Crippen LogP contribution in [0.2, 0.25) is 0 Å². The van der Waals surface area contributed by atoms with Gasteiger partial charge in [0.05, 0.1) is 0 Å². The molecule has 0 fully saturated rings. The van der Waals surface area contributed by atoms with Crippen molar-refractivity contribution in [2.24, 2.45) is 11.5 Å². The lowest BCUT2D eigenvalue weighted by molar-refractivity contribution is 0.191. The van der Waals surface area contributed by atoms with Crippen molar-refractivity contribution < 1.29 is 5.11 Å². The standard InChI is InChI=1S/C2H8N2O.ClH/c3-1-2(4)5;/h2,5H,1,3-4H2;1H. The summed E-state index contributed by atoms with van der Waals surface area (Å²) in [5, 5.41) is 8.01. The van der Waals surface area contributed by atoms with Gasteiger partial charge in [-0.25, -0.2) is 0 Å². The van der Waals surface area contributed by atoms with E-state index in [1.165, 1.54) is 0 Å². The van der Waals surface area contributed by atoms with Crippen LogP contribution < -0.4 is 11.5 Å². The Morgan fingerprint density at radius 3 is 1.83 bits per heavy atom. The van der Waals surface area contributed by atoms with Gasteiger partial charge in [0, 0.05) is 6.54 Å². The number of hydrogen-bond donors (Lipinski definition) is 3. The van der Waals surface area contributed by atoms with Gasteiger partial charge in [-0.05, 0) is 0 Å². The number of aliphatic hydroxyl groups is 1. The maximum Gasteiger partial charge on any atom is 0.114 e. The van der Waals surface area contributed by atoms with Crippen LogP contribution in [0.5, 0.6) is 0 Å². The van der Waals surface area contributed by atoms with Gasteiger partial charge < -0.3 is 16.6 Å². The molecule has 0 bridgehead atoms. The highest BCUT2D eigenvalue weighted by molar-refractivity contribution is 5.85. The molecular weight excluding hydrogens is 103 g/mol. The van der Waals surface area contributed by atoms with E-state index in [0.29, 0.717) is 0 Å². The summed E-state index contributed by atoms with van der Waals surface area (Å²) in [7, 11) is 0. The van der Waals surface area contributed by atoms with Gasteiger partial charge in [-0.1, -0.05) is 0 Å². The molecule has 0 aromatic carbocycles. The Balaban J connectivity index is 0. The molecule has 5 N–H and O–H groups in total. The van der Waals surface area contributed by atoms with E-state index in [9.17, 15) is 0 Å². The van der Waals surface area contributed by atoms with Crippen molar-refractivity contribution in [1.29, 1.82) is 0 Å². The quantitative estimate of drug-likeness (QED) is 0.367. The number of aliphatic hydroxyl groups excluding tert-OH is 1. The molecule has 0 amide bonds. The molecular formula is C2H9ClN2O. The lowest BCUT2D eigenvalue weighted by Gasteiger charge is -1.91. The third kappa shape index (κ3) is 8.90. The summed E-state index contributed by atoms with van der Waals surface area (Å²) in [6.45, 7) is 0.139. The molecule has 0 aliphatic rings. The SMILES string of the molecule is Cl.NCC(N)O. The Labute approximate surface area is 42.7 Å². The van der Waals surface area contributed by atoms with Gasteiger partial charge in [-0.15, -0.1) is 12.4 Å². The third-order valence-electron chi connectivity index (χ3n) is 0.241. The van der Waals surface area contributed by atoms with E-state index in [1.54, 1.807) is 0 Å². The summed E-state index contributed by atoms with van der Waals surface area (Å²) >= 11 is 0. The van der Waals surface area contributed by atoms with Crippen LogP contribution in [0.1, 0.15) is 0 Å². The molecule has 40 valence electrons. The van der Waals surface area contributed by atoms with Crippen molar-refractivity contribution in [3.63, 3.8) is 0 Å². The van der Waals surface area contributed by atoms with Crippen LogP contribution in [0.25, 0.3) is 0 Å².